The molecule has 0 heterocycles. The maximum absolute atomic E-state index is 6.17. The van der Waals surface area contributed by atoms with E-state index in [0.29, 0.717) is 0 Å². The van der Waals surface area contributed by atoms with Crippen LogP contribution in [0, 0.1) is 5.41 Å². The van der Waals surface area contributed by atoms with Crippen molar-refractivity contribution >= 4 is 11.6 Å². The zero-order valence-electron chi connectivity index (χ0n) is 9.16. The number of allylic oxidation sites excluding steroid dienone is 2. The molecule has 0 aliphatic carbocycles. The van der Waals surface area contributed by atoms with Crippen LogP contribution in [-0.4, -0.2) is 4.87 Å². The van der Waals surface area contributed by atoms with E-state index in [4.69, 9.17) is 11.6 Å². The summed E-state index contributed by atoms with van der Waals surface area (Å²) in [6, 6.07) is 0. The maximum Gasteiger partial charge on any atom is 0.0398 e. The number of alkyl halides is 1. The second-order valence-corrected chi connectivity index (χ2v) is 6.13. The van der Waals surface area contributed by atoms with Crippen LogP contribution in [0.15, 0.2) is 11.6 Å². The highest BCUT2D eigenvalue weighted by atomic mass is 35.5. The first kappa shape index (κ1) is 12.0. The maximum atomic E-state index is 6.17. The molecule has 0 saturated carbocycles. The predicted molar refractivity (Wildman–Crippen MR) is 57.8 cm³/mol. The van der Waals surface area contributed by atoms with Crippen LogP contribution in [0.4, 0.5) is 0 Å². The average molecular weight is 189 g/mol. The molecule has 0 aromatic heterocycles. The van der Waals surface area contributed by atoms with E-state index in [1.165, 1.54) is 5.57 Å². The molecule has 0 atom stereocenters. The summed E-state index contributed by atoms with van der Waals surface area (Å²) in [5.74, 6) is 0. The van der Waals surface area contributed by atoms with E-state index >= 15 is 0 Å². The number of hydrogen-bond donors (Lipinski definition) is 0. The molecule has 0 bridgehead atoms. The van der Waals surface area contributed by atoms with Gasteiger partial charge in [0.25, 0.3) is 0 Å². The molecule has 0 unspecified atom stereocenters. The third-order valence-corrected chi connectivity index (χ3v) is 1.69. The molecular formula is C11H21Cl. The first-order chi connectivity index (χ1) is 5.12. The Morgan fingerprint density at radius 1 is 1.17 bits per heavy atom. The molecule has 0 spiro atoms. The third kappa shape index (κ3) is 6.72. The van der Waals surface area contributed by atoms with Gasteiger partial charge in [-0.1, -0.05) is 25.5 Å². The van der Waals surface area contributed by atoms with Gasteiger partial charge in [-0.15, -0.1) is 11.6 Å². The minimum Gasteiger partial charge on any atom is -0.120 e. The van der Waals surface area contributed by atoms with Gasteiger partial charge < -0.3 is 0 Å². The van der Waals surface area contributed by atoms with Crippen LogP contribution in [0.2, 0.25) is 0 Å². The Balaban J connectivity index is 4.34. The van der Waals surface area contributed by atoms with Crippen molar-refractivity contribution in [3.05, 3.63) is 11.6 Å². The van der Waals surface area contributed by atoms with Gasteiger partial charge in [0.15, 0.2) is 0 Å². The lowest BCUT2D eigenvalue weighted by atomic mass is 9.82. The summed E-state index contributed by atoms with van der Waals surface area (Å²) >= 11 is 6.17. The monoisotopic (exact) mass is 188 g/mol. The Morgan fingerprint density at radius 3 is 1.83 bits per heavy atom. The zero-order valence-corrected chi connectivity index (χ0v) is 9.92. The van der Waals surface area contributed by atoms with Gasteiger partial charge >= 0.3 is 0 Å². The zero-order chi connectivity index (χ0) is 9.99. The van der Waals surface area contributed by atoms with Crippen molar-refractivity contribution in [2.45, 2.75) is 52.8 Å². The SMILES string of the molecule is CC(C)=CC(C)(C)CC(C)(C)Cl. The van der Waals surface area contributed by atoms with Crippen LogP contribution < -0.4 is 0 Å². The van der Waals surface area contributed by atoms with Crippen molar-refractivity contribution < 1.29 is 0 Å². The Hall–Kier alpha value is 0.0300. The molecule has 0 radical (unpaired) electrons. The molecule has 72 valence electrons. The molecule has 0 aliphatic rings. The fraction of sp³-hybridized carbons (Fsp3) is 0.818. The molecule has 0 saturated heterocycles. The molecule has 0 N–H and O–H groups in total. The van der Waals surface area contributed by atoms with Crippen molar-refractivity contribution in [3.8, 4) is 0 Å². The van der Waals surface area contributed by atoms with Gasteiger partial charge in [-0.05, 0) is 39.5 Å². The number of rotatable bonds is 3. The summed E-state index contributed by atoms with van der Waals surface area (Å²) in [6.45, 7) is 12.8. The molecule has 0 aliphatic heterocycles. The summed E-state index contributed by atoms with van der Waals surface area (Å²) in [6.07, 6.45) is 3.30. The van der Waals surface area contributed by atoms with Gasteiger partial charge in [-0.2, -0.15) is 0 Å². The van der Waals surface area contributed by atoms with Gasteiger partial charge in [-0.3, -0.25) is 0 Å². The molecule has 12 heavy (non-hydrogen) atoms. The smallest absolute Gasteiger partial charge is 0.0398 e. The van der Waals surface area contributed by atoms with Gasteiger partial charge in [0, 0.05) is 4.87 Å². The third-order valence-electron chi connectivity index (χ3n) is 1.56. The van der Waals surface area contributed by atoms with Crippen molar-refractivity contribution in [3.63, 3.8) is 0 Å². The number of hydrogen-bond acceptors (Lipinski definition) is 0. The largest absolute Gasteiger partial charge is 0.120 e. The van der Waals surface area contributed by atoms with Crippen LogP contribution in [0.1, 0.15) is 48.0 Å². The lowest BCUT2D eigenvalue weighted by Crippen LogP contribution is -2.21. The van der Waals surface area contributed by atoms with Crippen molar-refractivity contribution in [2.75, 3.05) is 0 Å². The van der Waals surface area contributed by atoms with Gasteiger partial charge in [0.2, 0.25) is 0 Å². The first-order valence-electron chi connectivity index (χ1n) is 4.47. The lowest BCUT2D eigenvalue weighted by Gasteiger charge is -2.28. The van der Waals surface area contributed by atoms with Crippen LogP contribution in [0.5, 0.6) is 0 Å². The molecule has 0 fully saturated rings. The highest BCUT2D eigenvalue weighted by Gasteiger charge is 2.24. The highest BCUT2D eigenvalue weighted by Crippen LogP contribution is 2.33. The van der Waals surface area contributed by atoms with E-state index in [1.54, 1.807) is 0 Å². The molecule has 0 rings (SSSR count). The second-order valence-electron chi connectivity index (χ2n) is 5.11. The van der Waals surface area contributed by atoms with E-state index in [0.717, 1.165) is 6.42 Å². The highest BCUT2D eigenvalue weighted by molar-refractivity contribution is 6.23. The summed E-state index contributed by atoms with van der Waals surface area (Å²) < 4.78 is 0. The minimum absolute atomic E-state index is 0.102. The van der Waals surface area contributed by atoms with Crippen LogP contribution in [0.25, 0.3) is 0 Å². The van der Waals surface area contributed by atoms with E-state index in [-0.39, 0.29) is 10.3 Å². The Bertz CT molecular complexity index is 166. The quantitative estimate of drug-likeness (QED) is 0.456. The molecule has 0 amide bonds. The molecule has 0 aromatic carbocycles. The topological polar surface area (TPSA) is 0 Å². The Kier molecular flexibility index (Phi) is 3.84. The normalized spacial score (nSPS) is 12.9. The van der Waals surface area contributed by atoms with E-state index in [9.17, 15) is 0 Å². The van der Waals surface area contributed by atoms with Crippen molar-refractivity contribution in [1.82, 2.24) is 0 Å². The molecule has 0 nitrogen and oxygen atoms in total. The summed E-state index contributed by atoms with van der Waals surface area (Å²) in [5, 5.41) is 0. The Morgan fingerprint density at radius 2 is 1.58 bits per heavy atom. The van der Waals surface area contributed by atoms with Gasteiger partial charge in [-0.25, -0.2) is 0 Å². The van der Waals surface area contributed by atoms with Crippen LogP contribution in [0.3, 0.4) is 0 Å². The van der Waals surface area contributed by atoms with E-state index in [1.807, 2.05) is 0 Å². The van der Waals surface area contributed by atoms with E-state index < -0.39 is 0 Å². The number of halogens is 1. The average Bonchev–Trinajstić information content (AvgIpc) is 1.48. The minimum atomic E-state index is -0.102. The van der Waals surface area contributed by atoms with E-state index in [2.05, 4.69) is 47.6 Å². The lowest BCUT2D eigenvalue weighted by molar-refractivity contribution is 0.382. The summed E-state index contributed by atoms with van der Waals surface area (Å²) in [7, 11) is 0. The standard InChI is InChI=1S/C11H21Cl/c1-9(2)7-10(3,4)8-11(5,6)12/h7H,8H2,1-6H3. The first-order valence-corrected chi connectivity index (χ1v) is 4.85. The fourth-order valence-electron chi connectivity index (χ4n) is 1.92. The Labute approximate surface area is 82.0 Å². The van der Waals surface area contributed by atoms with Gasteiger partial charge in [0.05, 0.1) is 0 Å². The molecule has 0 aromatic rings. The summed E-state index contributed by atoms with van der Waals surface area (Å²) in [4.78, 5) is -0.102. The predicted octanol–water partition coefficient (Wildman–Crippen LogP) is 4.39. The van der Waals surface area contributed by atoms with Gasteiger partial charge in [0.1, 0.15) is 0 Å². The van der Waals surface area contributed by atoms with Crippen LogP contribution in [-0.2, 0) is 0 Å². The van der Waals surface area contributed by atoms with Crippen LogP contribution >= 0.6 is 11.6 Å². The van der Waals surface area contributed by atoms with Crippen molar-refractivity contribution in [1.29, 1.82) is 0 Å². The second kappa shape index (κ2) is 3.83. The molecular weight excluding hydrogens is 168 g/mol. The van der Waals surface area contributed by atoms with Crippen molar-refractivity contribution in [2.24, 2.45) is 5.41 Å². The summed E-state index contributed by atoms with van der Waals surface area (Å²) in [5.41, 5.74) is 1.57. The fourth-order valence-corrected chi connectivity index (χ4v) is 2.26. The molecule has 1 heteroatoms.